The third-order valence-corrected chi connectivity index (χ3v) is 4.74. The third-order valence-electron chi connectivity index (χ3n) is 4.74. The quantitative estimate of drug-likeness (QED) is 0.367. The Bertz CT molecular complexity index is 1220. The van der Waals surface area contributed by atoms with Crippen LogP contribution in [0.25, 0.3) is 22.5 Å². The molecule has 0 aliphatic heterocycles. The molecule has 0 spiro atoms. The van der Waals surface area contributed by atoms with E-state index in [4.69, 9.17) is 10.6 Å². The summed E-state index contributed by atoms with van der Waals surface area (Å²) in [6.07, 6.45) is 3.76. The van der Waals surface area contributed by atoms with Crippen molar-refractivity contribution in [3.05, 3.63) is 95.7 Å². The van der Waals surface area contributed by atoms with Gasteiger partial charge in [-0.3, -0.25) is 9.24 Å². The van der Waals surface area contributed by atoms with Gasteiger partial charge in [0.1, 0.15) is 17.3 Å². The number of hydroxylamine groups is 1. The predicted octanol–water partition coefficient (Wildman–Crippen LogP) is 4.44. The number of pyridine rings is 1. The molecular formula is C23H20F2N4O. The number of nitrogens with one attached hydrogen (secondary N) is 1. The minimum absolute atomic E-state index is 0.0564. The summed E-state index contributed by atoms with van der Waals surface area (Å²) in [7, 11) is 1.69. The van der Waals surface area contributed by atoms with E-state index in [1.807, 2.05) is 48.7 Å². The molecule has 3 N–H and O–H groups in total. The summed E-state index contributed by atoms with van der Waals surface area (Å²) in [4.78, 5) is 9.57. The molecule has 2 aromatic carbocycles. The van der Waals surface area contributed by atoms with Crippen LogP contribution in [0.4, 0.5) is 14.6 Å². The molecule has 0 radical (unpaired) electrons. The van der Waals surface area contributed by atoms with Crippen LogP contribution in [-0.4, -0.2) is 23.0 Å². The lowest BCUT2D eigenvalue weighted by Crippen LogP contribution is -2.07. The van der Waals surface area contributed by atoms with Crippen LogP contribution >= 0.6 is 0 Å². The molecule has 7 heteroatoms. The van der Waals surface area contributed by atoms with Crippen molar-refractivity contribution in [3.63, 3.8) is 0 Å². The minimum atomic E-state index is -0.573. The second-order valence-electron chi connectivity index (χ2n) is 6.61. The Morgan fingerprint density at radius 2 is 1.90 bits per heavy atom. The van der Waals surface area contributed by atoms with Crippen molar-refractivity contribution in [2.75, 3.05) is 19.4 Å². The number of imidazole rings is 1. The fourth-order valence-corrected chi connectivity index (χ4v) is 3.40. The zero-order chi connectivity index (χ0) is 21.1. The monoisotopic (exact) mass is 406 g/mol. The Kier molecular flexibility index (Phi) is 5.56. The number of benzene rings is 2. The van der Waals surface area contributed by atoms with E-state index >= 15 is 0 Å². The lowest BCUT2D eigenvalue weighted by molar-refractivity contribution is 0.0813. The van der Waals surface area contributed by atoms with Crippen LogP contribution in [0.3, 0.4) is 0 Å². The number of halogens is 2. The van der Waals surface area contributed by atoms with E-state index in [-0.39, 0.29) is 11.4 Å². The highest BCUT2D eigenvalue weighted by atomic mass is 19.1. The fraction of sp³-hybridized carbons (Fsp3) is 0.0870. The van der Waals surface area contributed by atoms with Crippen LogP contribution in [0.2, 0.25) is 0 Å². The first-order chi connectivity index (χ1) is 14.6. The molecular weight excluding hydrogens is 386 g/mol. The fourth-order valence-electron chi connectivity index (χ4n) is 3.40. The average molecular weight is 406 g/mol. The van der Waals surface area contributed by atoms with Crippen LogP contribution in [0.5, 0.6) is 0 Å². The summed E-state index contributed by atoms with van der Waals surface area (Å²) < 4.78 is 30.0. The minimum Gasteiger partial charge on any atom is -0.382 e. The van der Waals surface area contributed by atoms with Crippen molar-refractivity contribution in [1.82, 2.24) is 14.9 Å². The molecule has 30 heavy (non-hydrogen) atoms. The van der Waals surface area contributed by atoms with Gasteiger partial charge in [0.2, 0.25) is 0 Å². The molecule has 0 fully saturated rings. The van der Waals surface area contributed by atoms with Gasteiger partial charge < -0.3 is 5.73 Å². The van der Waals surface area contributed by atoms with Gasteiger partial charge in [0.15, 0.2) is 5.82 Å². The number of rotatable bonds is 6. The molecule has 0 saturated heterocycles. The highest BCUT2D eigenvalue weighted by molar-refractivity contribution is 5.82. The highest BCUT2D eigenvalue weighted by Crippen LogP contribution is 2.32. The van der Waals surface area contributed by atoms with Gasteiger partial charge in [-0.15, -0.1) is 0 Å². The summed E-state index contributed by atoms with van der Waals surface area (Å²) in [5, 5.41) is 0. The molecule has 4 aromatic rings. The summed E-state index contributed by atoms with van der Waals surface area (Å²) in [5.74, 6) is -0.997. The van der Waals surface area contributed by atoms with Gasteiger partial charge in [-0.25, -0.2) is 19.2 Å². The molecule has 0 atom stereocenters. The van der Waals surface area contributed by atoms with Crippen LogP contribution in [0.15, 0.2) is 72.9 Å². The number of anilines is 1. The largest absolute Gasteiger partial charge is 0.382 e. The summed E-state index contributed by atoms with van der Waals surface area (Å²) in [6.45, 7) is 0.343. The van der Waals surface area contributed by atoms with E-state index in [0.29, 0.717) is 17.9 Å². The molecule has 152 valence electrons. The molecule has 0 saturated carbocycles. The van der Waals surface area contributed by atoms with Gasteiger partial charge in [-0.1, -0.05) is 30.3 Å². The summed E-state index contributed by atoms with van der Waals surface area (Å²) in [5.41, 5.74) is 12.4. The Hall–Kier alpha value is -3.55. The molecule has 2 heterocycles. The zero-order valence-corrected chi connectivity index (χ0v) is 16.3. The van der Waals surface area contributed by atoms with Gasteiger partial charge in [-0.05, 0) is 53.1 Å². The van der Waals surface area contributed by atoms with Crippen LogP contribution < -0.4 is 11.2 Å². The number of nitrogens with two attached hydrogens (primary N) is 1. The SMILES string of the molecule is CNOC/C=C(\c1ccccc1)c1ccc2nc(N)c(-c3cc(F)ccc3F)n2c1. The van der Waals surface area contributed by atoms with Gasteiger partial charge >= 0.3 is 0 Å². The summed E-state index contributed by atoms with van der Waals surface area (Å²) in [6, 6.07) is 16.8. The van der Waals surface area contributed by atoms with Crippen molar-refractivity contribution in [1.29, 1.82) is 0 Å². The Balaban J connectivity index is 1.90. The normalized spacial score (nSPS) is 11.9. The number of nitrogen functional groups attached to an aromatic ring is 1. The first-order valence-corrected chi connectivity index (χ1v) is 9.36. The molecule has 0 unspecified atom stereocenters. The topological polar surface area (TPSA) is 64.6 Å². The van der Waals surface area contributed by atoms with Crippen molar-refractivity contribution >= 4 is 17.0 Å². The first-order valence-electron chi connectivity index (χ1n) is 9.36. The van der Waals surface area contributed by atoms with E-state index in [1.54, 1.807) is 17.5 Å². The maximum atomic E-state index is 14.5. The summed E-state index contributed by atoms with van der Waals surface area (Å²) >= 11 is 0. The van der Waals surface area contributed by atoms with Crippen LogP contribution in [-0.2, 0) is 4.84 Å². The van der Waals surface area contributed by atoms with Crippen LogP contribution in [0, 0.1) is 11.6 Å². The molecule has 5 nitrogen and oxygen atoms in total. The Labute approximate surface area is 172 Å². The smallest absolute Gasteiger partial charge is 0.150 e. The Morgan fingerprint density at radius 3 is 2.67 bits per heavy atom. The third kappa shape index (κ3) is 3.80. The lowest BCUT2D eigenvalue weighted by Gasteiger charge is -2.11. The standard InChI is InChI=1S/C23H20F2N4O/c1-27-30-12-11-18(15-5-3-2-4-6-15)16-7-10-21-28-23(26)22(29(21)14-16)19-13-17(24)8-9-20(19)25/h2-11,13-14,27H,12,26H2,1H3/b18-11+. The van der Waals surface area contributed by atoms with E-state index < -0.39 is 11.6 Å². The number of fused-ring (bicyclic) bond motifs is 1. The molecule has 0 aliphatic carbocycles. The lowest BCUT2D eigenvalue weighted by atomic mass is 9.99. The van der Waals surface area contributed by atoms with Crippen molar-refractivity contribution in [2.45, 2.75) is 0 Å². The number of nitrogens with zero attached hydrogens (tertiary/aromatic N) is 2. The van der Waals surface area contributed by atoms with Gasteiger partial charge in [0, 0.05) is 18.8 Å². The molecule has 0 aliphatic rings. The van der Waals surface area contributed by atoms with Crippen LogP contribution in [0.1, 0.15) is 11.1 Å². The van der Waals surface area contributed by atoms with Crippen molar-refractivity contribution in [3.8, 4) is 11.3 Å². The van der Waals surface area contributed by atoms with E-state index in [0.717, 1.165) is 34.9 Å². The number of hydrogen-bond donors (Lipinski definition) is 2. The van der Waals surface area contributed by atoms with Crippen molar-refractivity contribution in [2.24, 2.45) is 0 Å². The van der Waals surface area contributed by atoms with E-state index in [1.165, 1.54) is 0 Å². The molecule has 4 rings (SSSR count). The van der Waals surface area contributed by atoms with Gasteiger partial charge in [0.25, 0.3) is 0 Å². The molecule has 0 bridgehead atoms. The molecule has 0 amide bonds. The van der Waals surface area contributed by atoms with Crippen molar-refractivity contribution < 1.29 is 13.6 Å². The zero-order valence-electron chi connectivity index (χ0n) is 16.3. The number of aromatic nitrogens is 2. The second kappa shape index (κ2) is 8.44. The second-order valence-corrected chi connectivity index (χ2v) is 6.61. The molecule has 2 aromatic heterocycles. The predicted molar refractivity (Wildman–Crippen MR) is 113 cm³/mol. The first kappa shape index (κ1) is 19.8. The maximum absolute atomic E-state index is 14.5. The van der Waals surface area contributed by atoms with E-state index in [9.17, 15) is 8.78 Å². The maximum Gasteiger partial charge on any atom is 0.150 e. The van der Waals surface area contributed by atoms with E-state index in [2.05, 4.69) is 10.5 Å². The van der Waals surface area contributed by atoms with Gasteiger partial charge in [0.05, 0.1) is 12.3 Å². The average Bonchev–Trinajstić information content (AvgIpc) is 3.08. The van der Waals surface area contributed by atoms with Gasteiger partial charge in [-0.2, -0.15) is 0 Å². The number of hydrogen-bond acceptors (Lipinski definition) is 4. The highest BCUT2D eigenvalue weighted by Gasteiger charge is 2.17. The Morgan fingerprint density at radius 1 is 1.10 bits per heavy atom.